The zero-order chi connectivity index (χ0) is 14.7. The van der Waals surface area contributed by atoms with Crippen LogP contribution in [0.3, 0.4) is 0 Å². The van der Waals surface area contributed by atoms with Crippen molar-refractivity contribution < 1.29 is 4.74 Å². The fourth-order valence-electron chi connectivity index (χ4n) is 3.11. The lowest BCUT2D eigenvalue weighted by molar-refractivity contribution is 0.270. The van der Waals surface area contributed by atoms with E-state index in [1.165, 1.54) is 24.0 Å². The Hall–Kier alpha value is -1.80. The number of hydrogen-bond acceptors (Lipinski definition) is 2. The highest BCUT2D eigenvalue weighted by atomic mass is 16.5. The monoisotopic (exact) mass is 281 g/mol. The average Bonchev–Trinajstić information content (AvgIpc) is 2.51. The quantitative estimate of drug-likeness (QED) is 0.882. The molecule has 1 fully saturated rings. The fourth-order valence-corrected chi connectivity index (χ4v) is 3.11. The van der Waals surface area contributed by atoms with Gasteiger partial charge in [-0.2, -0.15) is 0 Å². The number of benzene rings is 2. The van der Waals surface area contributed by atoms with Crippen LogP contribution in [0.1, 0.15) is 42.9 Å². The van der Waals surface area contributed by atoms with Crippen LogP contribution in [0.15, 0.2) is 54.6 Å². The summed E-state index contributed by atoms with van der Waals surface area (Å²) in [4.78, 5) is 0. The fraction of sp³-hybridized carbons (Fsp3) is 0.368. The highest BCUT2D eigenvalue weighted by Crippen LogP contribution is 2.37. The maximum atomic E-state index is 5.30. The topological polar surface area (TPSA) is 21.3 Å². The van der Waals surface area contributed by atoms with Crippen LogP contribution in [0.2, 0.25) is 0 Å². The Morgan fingerprint density at radius 1 is 1.05 bits per heavy atom. The van der Waals surface area contributed by atoms with Crippen LogP contribution in [0.25, 0.3) is 0 Å². The largest absolute Gasteiger partial charge is 0.497 e. The number of rotatable bonds is 5. The molecule has 1 atom stereocenters. The molecule has 1 N–H and O–H groups in total. The van der Waals surface area contributed by atoms with E-state index in [0.717, 1.165) is 11.7 Å². The van der Waals surface area contributed by atoms with Gasteiger partial charge in [-0.1, -0.05) is 42.5 Å². The predicted octanol–water partition coefficient (Wildman–Crippen LogP) is 4.29. The molecule has 0 saturated heterocycles. The normalized spacial score (nSPS) is 22.4. The summed E-state index contributed by atoms with van der Waals surface area (Å²) in [7, 11) is 1.72. The molecule has 1 unspecified atom stereocenters. The van der Waals surface area contributed by atoms with Crippen LogP contribution in [-0.2, 0) is 0 Å². The molecular formula is C19H23NO. The molecule has 2 heteroatoms. The van der Waals surface area contributed by atoms with Crippen molar-refractivity contribution in [2.75, 3.05) is 7.11 Å². The van der Waals surface area contributed by atoms with Crippen molar-refractivity contribution in [3.63, 3.8) is 0 Å². The summed E-state index contributed by atoms with van der Waals surface area (Å²) in [5, 5.41) is 3.73. The van der Waals surface area contributed by atoms with E-state index in [0.29, 0.717) is 12.1 Å². The summed E-state index contributed by atoms with van der Waals surface area (Å²) >= 11 is 0. The minimum atomic E-state index is 0.363. The van der Waals surface area contributed by atoms with Crippen LogP contribution in [-0.4, -0.2) is 13.2 Å². The molecule has 2 aromatic rings. The van der Waals surface area contributed by atoms with Crippen molar-refractivity contribution in [1.29, 1.82) is 0 Å². The minimum Gasteiger partial charge on any atom is -0.497 e. The second-order valence-electron chi connectivity index (χ2n) is 5.94. The van der Waals surface area contributed by atoms with Gasteiger partial charge < -0.3 is 10.1 Å². The maximum absolute atomic E-state index is 5.30. The van der Waals surface area contributed by atoms with Gasteiger partial charge >= 0.3 is 0 Å². The van der Waals surface area contributed by atoms with Gasteiger partial charge in [-0.3, -0.25) is 0 Å². The van der Waals surface area contributed by atoms with Gasteiger partial charge in [-0.05, 0) is 48.9 Å². The maximum Gasteiger partial charge on any atom is 0.119 e. The molecule has 1 aliphatic rings. The molecule has 1 saturated carbocycles. The number of hydrogen-bond donors (Lipinski definition) is 1. The molecule has 1 aliphatic carbocycles. The Kier molecular flexibility index (Phi) is 4.26. The SMILES string of the molecule is COc1cccc(C(C)NC2CC(c3ccccc3)C2)c1. The van der Waals surface area contributed by atoms with Crippen LogP contribution in [0, 0.1) is 0 Å². The summed E-state index contributed by atoms with van der Waals surface area (Å²) in [6.07, 6.45) is 2.47. The highest BCUT2D eigenvalue weighted by Gasteiger charge is 2.30. The van der Waals surface area contributed by atoms with Gasteiger partial charge in [0.25, 0.3) is 0 Å². The third-order valence-electron chi connectivity index (χ3n) is 4.49. The van der Waals surface area contributed by atoms with E-state index in [-0.39, 0.29) is 0 Å². The molecule has 0 amide bonds. The Bertz CT molecular complexity index is 575. The second kappa shape index (κ2) is 6.31. The predicted molar refractivity (Wildman–Crippen MR) is 86.7 cm³/mol. The molecule has 110 valence electrons. The zero-order valence-electron chi connectivity index (χ0n) is 12.8. The first kappa shape index (κ1) is 14.2. The molecule has 2 aromatic carbocycles. The number of nitrogens with one attached hydrogen (secondary N) is 1. The van der Waals surface area contributed by atoms with E-state index in [1.807, 2.05) is 6.07 Å². The molecule has 0 spiro atoms. The Balaban J connectivity index is 1.54. The first-order valence-electron chi connectivity index (χ1n) is 7.71. The Morgan fingerprint density at radius 2 is 1.81 bits per heavy atom. The average molecular weight is 281 g/mol. The van der Waals surface area contributed by atoms with Crippen molar-refractivity contribution in [1.82, 2.24) is 5.32 Å². The minimum absolute atomic E-state index is 0.363. The molecule has 3 rings (SSSR count). The summed E-state index contributed by atoms with van der Waals surface area (Å²) in [5.74, 6) is 1.65. The number of ether oxygens (including phenoxy) is 1. The van der Waals surface area contributed by atoms with Gasteiger partial charge in [-0.25, -0.2) is 0 Å². The Morgan fingerprint density at radius 3 is 2.52 bits per heavy atom. The standard InChI is InChI=1S/C19H23NO/c1-14(16-9-6-10-19(13-16)21-2)20-18-11-17(12-18)15-7-4-3-5-8-15/h3-10,13-14,17-18,20H,11-12H2,1-2H3. The molecule has 0 aliphatic heterocycles. The van der Waals surface area contributed by atoms with Crippen molar-refractivity contribution >= 4 is 0 Å². The van der Waals surface area contributed by atoms with E-state index in [1.54, 1.807) is 7.11 Å². The highest BCUT2D eigenvalue weighted by molar-refractivity contribution is 5.30. The second-order valence-corrected chi connectivity index (χ2v) is 5.94. The summed E-state index contributed by atoms with van der Waals surface area (Å²) in [6, 6.07) is 20.1. The molecule has 21 heavy (non-hydrogen) atoms. The molecule has 0 radical (unpaired) electrons. The summed E-state index contributed by atoms with van der Waals surface area (Å²) < 4.78 is 5.30. The van der Waals surface area contributed by atoms with Crippen LogP contribution in [0.4, 0.5) is 0 Å². The number of methoxy groups -OCH3 is 1. The van der Waals surface area contributed by atoms with E-state index in [4.69, 9.17) is 4.74 Å². The zero-order valence-corrected chi connectivity index (χ0v) is 12.8. The lowest BCUT2D eigenvalue weighted by Gasteiger charge is -2.38. The van der Waals surface area contributed by atoms with Gasteiger partial charge in [0.1, 0.15) is 5.75 Å². The molecule has 0 aromatic heterocycles. The van der Waals surface area contributed by atoms with Gasteiger partial charge in [0.15, 0.2) is 0 Å². The van der Waals surface area contributed by atoms with Crippen molar-refractivity contribution in [2.24, 2.45) is 0 Å². The van der Waals surface area contributed by atoms with E-state index in [9.17, 15) is 0 Å². The first-order chi connectivity index (χ1) is 10.3. The van der Waals surface area contributed by atoms with E-state index < -0.39 is 0 Å². The van der Waals surface area contributed by atoms with Gasteiger partial charge in [0.05, 0.1) is 7.11 Å². The molecular weight excluding hydrogens is 258 g/mol. The third-order valence-corrected chi connectivity index (χ3v) is 4.49. The van der Waals surface area contributed by atoms with Crippen LogP contribution < -0.4 is 10.1 Å². The van der Waals surface area contributed by atoms with Crippen molar-refractivity contribution in [2.45, 2.75) is 37.8 Å². The van der Waals surface area contributed by atoms with E-state index >= 15 is 0 Å². The van der Waals surface area contributed by atoms with Crippen molar-refractivity contribution in [3.8, 4) is 5.75 Å². The first-order valence-corrected chi connectivity index (χ1v) is 7.71. The van der Waals surface area contributed by atoms with Crippen molar-refractivity contribution in [3.05, 3.63) is 65.7 Å². The molecule has 0 bridgehead atoms. The van der Waals surface area contributed by atoms with Gasteiger partial charge in [0, 0.05) is 12.1 Å². The molecule has 2 nitrogen and oxygen atoms in total. The lowest BCUT2D eigenvalue weighted by atomic mass is 9.75. The summed E-state index contributed by atoms with van der Waals surface area (Å²) in [6.45, 7) is 2.23. The smallest absolute Gasteiger partial charge is 0.119 e. The van der Waals surface area contributed by atoms with Crippen LogP contribution >= 0.6 is 0 Å². The van der Waals surface area contributed by atoms with Gasteiger partial charge in [0.2, 0.25) is 0 Å². The third kappa shape index (κ3) is 3.27. The molecule has 0 heterocycles. The van der Waals surface area contributed by atoms with Crippen LogP contribution in [0.5, 0.6) is 5.75 Å². The van der Waals surface area contributed by atoms with Gasteiger partial charge in [-0.15, -0.1) is 0 Å². The van der Waals surface area contributed by atoms with E-state index in [2.05, 4.69) is 60.8 Å². The summed E-state index contributed by atoms with van der Waals surface area (Å²) in [5.41, 5.74) is 2.77. The lowest BCUT2D eigenvalue weighted by Crippen LogP contribution is -2.41. The Labute approximate surface area is 127 Å².